The van der Waals surface area contributed by atoms with Gasteiger partial charge in [0.05, 0.1) is 103 Å². The zero-order valence-corrected chi connectivity index (χ0v) is 40.7. The fraction of sp³-hybridized carbons (Fsp3) is 0.302. The van der Waals surface area contributed by atoms with Crippen molar-refractivity contribution in [3.05, 3.63) is 142 Å². The number of nitrogens with two attached hydrogens (primary N) is 1. The maximum Gasteiger partial charge on any atom is 0.328 e. The van der Waals surface area contributed by atoms with E-state index in [9.17, 15) is 15.2 Å². The molecule has 376 valence electrons. The lowest BCUT2D eigenvalue weighted by atomic mass is 9.97. The zero-order chi connectivity index (χ0) is 51.5. The standard InChI is InChI=1S/C53H49FN17O4/c1-74-50(72)46-21-38(57-25-34-10-5-13-39(49(34)54)41-23-42(62-51(56)61-41)44-29-69(67-65-44)26-35-11-6-14-47(58-35)53(73)17-2-3-18-53)28-71(46)48-15-7-12-36(59-48)27-70-30-45(66-68-70)43-22-40(33-9-4-8-32(20-33)24-55)63-52(64-43)60-37-16-19-75-31-37/h4-15,20,22-23,29-30,37-38,46,73H,2-3,16-19,21,26-28,31H2,1H3,(H2,56,61,62)(H,60,63,64)/q+1/t37?,38?,46-/m1/s1. The van der Waals surface area contributed by atoms with E-state index in [-0.39, 0.29) is 48.3 Å². The van der Waals surface area contributed by atoms with Gasteiger partial charge in [0, 0.05) is 17.7 Å². The second-order valence-electron chi connectivity index (χ2n) is 18.7. The molecule has 6 aromatic heterocycles. The van der Waals surface area contributed by atoms with Crippen LogP contribution in [0.4, 0.5) is 22.1 Å². The topological polar surface area (TPSA) is 264 Å². The van der Waals surface area contributed by atoms with E-state index in [2.05, 4.69) is 52.9 Å². The van der Waals surface area contributed by atoms with Gasteiger partial charge in [0.2, 0.25) is 11.9 Å². The molecule has 3 aliphatic rings. The van der Waals surface area contributed by atoms with E-state index in [1.54, 1.807) is 64.2 Å². The van der Waals surface area contributed by atoms with E-state index in [4.69, 9.17) is 35.1 Å². The highest BCUT2D eigenvalue weighted by atomic mass is 19.1. The van der Waals surface area contributed by atoms with Gasteiger partial charge in [-0.05, 0) is 79.9 Å². The van der Waals surface area contributed by atoms with Crippen LogP contribution in [-0.2, 0) is 33.0 Å². The molecule has 8 aromatic rings. The van der Waals surface area contributed by atoms with Gasteiger partial charge >= 0.3 is 12.0 Å². The van der Waals surface area contributed by atoms with Gasteiger partial charge in [-0.3, -0.25) is 4.98 Å². The van der Waals surface area contributed by atoms with Crippen molar-refractivity contribution in [1.82, 2.24) is 59.9 Å². The number of pyridine rings is 2. The number of rotatable bonds is 13. The van der Waals surface area contributed by atoms with Crippen molar-refractivity contribution in [2.24, 2.45) is 0 Å². The molecule has 2 saturated heterocycles. The van der Waals surface area contributed by atoms with Gasteiger partial charge in [0.1, 0.15) is 41.0 Å². The lowest BCUT2D eigenvalue weighted by molar-refractivity contribution is -0.141. The third-order valence-corrected chi connectivity index (χ3v) is 13.5. The first-order chi connectivity index (χ1) is 36.6. The molecule has 3 atom stereocenters. The molecule has 3 fully saturated rings. The lowest BCUT2D eigenvalue weighted by Gasteiger charge is -2.22. The number of ether oxygens (including phenoxy) is 2. The maximum absolute atomic E-state index is 16.4. The van der Waals surface area contributed by atoms with Crippen molar-refractivity contribution in [2.45, 2.75) is 75.3 Å². The molecule has 11 rings (SSSR count). The number of esters is 1. The minimum atomic E-state index is -0.917. The summed E-state index contributed by atoms with van der Waals surface area (Å²) in [5.74, 6) is -0.256. The van der Waals surface area contributed by atoms with Gasteiger partial charge in [0.25, 0.3) is 6.04 Å². The number of anilines is 3. The molecule has 22 heteroatoms. The number of nitrogens with one attached hydrogen (secondary N) is 1. The summed E-state index contributed by atoms with van der Waals surface area (Å²) in [4.78, 5) is 47.6. The number of aromatic nitrogens is 12. The van der Waals surface area contributed by atoms with Gasteiger partial charge in [-0.15, -0.1) is 10.2 Å². The van der Waals surface area contributed by atoms with Crippen molar-refractivity contribution in [2.75, 3.05) is 42.8 Å². The number of halogens is 1. The van der Waals surface area contributed by atoms with E-state index < -0.39 is 29.5 Å². The third-order valence-electron chi connectivity index (χ3n) is 13.5. The fourth-order valence-electron chi connectivity index (χ4n) is 9.68. The smallest absolute Gasteiger partial charge is 0.328 e. The van der Waals surface area contributed by atoms with Crippen LogP contribution in [0.1, 0.15) is 66.7 Å². The number of carbonyl (C=O) groups excluding carboxylic acids is 1. The molecule has 0 amide bonds. The van der Waals surface area contributed by atoms with Crippen LogP contribution in [0.3, 0.4) is 0 Å². The Balaban J connectivity index is 0.789. The molecular formula is C53H49FN17O4+. The Morgan fingerprint density at radius 1 is 0.867 bits per heavy atom. The number of nitrogens with zero attached hydrogens (tertiary/aromatic N) is 15. The van der Waals surface area contributed by atoms with E-state index in [1.165, 1.54) is 7.11 Å². The van der Waals surface area contributed by atoms with E-state index in [0.717, 1.165) is 24.8 Å². The summed E-state index contributed by atoms with van der Waals surface area (Å²) in [7, 11) is 1.33. The third kappa shape index (κ3) is 10.6. The van der Waals surface area contributed by atoms with Crippen molar-refractivity contribution >= 4 is 23.7 Å². The summed E-state index contributed by atoms with van der Waals surface area (Å²) < 4.78 is 30.5. The Morgan fingerprint density at radius 2 is 1.56 bits per heavy atom. The van der Waals surface area contributed by atoms with E-state index in [0.29, 0.717) is 95.5 Å². The largest absolute Gasteiger partial charge is 0.467 e. The van der Waals surface area contributed by atoms with E-state index >= 15 is 4.39 Å². The molecule has 1 saturated carbocycles. The molecule has 2 aromatic carbocycles. The van der Waals surface area contributed by atoms with Crippen LogP contribution in [0.25, 0.3) is 50.1 Å². The maximum atomic E-state index is 16.4. The fourth-order valence-corrected chi connectivity index (χ4v) is 9.68. The Labute approximate surface area is 429 Å². The van der Waals surface area contributed by atoms with Crippen LogP contribution in [0, 0.1) is 23.2 Å². The molecule has 8 heterocycles. The second kappa shape index (κ2) is 20.8. The van der Waals surface area contributed by atoms with Crippen molar-refractivity contribution in [3.63, 3.8) is 0 Å². The van der Waals surface area contributed by atoms with Gasteiger partial charge < -0.3 is 30.5 Å². The molecule has 2 aliphatic heterocycles. The first-order valence-corrected chi connectivity index (χ1v) is 24.5. The van der Waals surface area contributed by atoms with Crippen LogP contribution in [0.15, 0.2) is 103 Å². The van der Waals surface area contributed by atoms with Crippen LogP contribution >= 0.6 is 0 Å². The molecule has 75 heavy (non-hydrogen) atoms. The second-order valence-corrected chi connectivity index (χ2v) is 18.7. The van der Waals surface area contributed by atoms with Gasteiger partial charge in [-0.2, -0.15) is 5.26 Å². The quantitative estimate of drug-likeness (QED) is 0.111. The minimum absolute atomic E-state index is 0.0508. The number of hydrogen-bond donors (Lipinski definition) is 3. The molecule has 1 aliphatic carbocycles. The van der Waals surface area contributed by atoms with Crippen LogP contribution in [0.5, 0.6) is 0 Å². The number of aliphatic hydroxyl groups is 1. The van der Waals surface area contributed by atoms with Gasteiger partial charge in [0.15, 0.2) is 5.82 Å². The number of benzene rings is 2. The van der Waals surface area contributed by atoms with Gasteiger partial charge in [-0.1, -0.05) is 58.4 Å². The number of nitrogen functional groups attached to an aromatic ring is 1. The summed E-state index contributed by atoms with van der Waals surface area (Å²) >= 11 is 0. The summed E-state index contributed by atoms with van der Waals surface area (Å²) in [5, 5.41) is 41.4. The Kier molecular flexibility index (Phi) is 13.3. The predicted molar refractivity (Wildman–Crippen MR) is 272 cm³/mol. The average Bonchev–Trinajstić information content (AvgIpc) is 4.31. The number of carbonyl (C=O) groups is 1. The lowest BCUT2D eigenvalue weighted by Crippen LogP contribution is -2.37. The molecule has 0 radical (unpaired) electrons. The van der Waals surface area contributed by atoms with E-state index in [1.807, 2.05) is 53.4 Å². The Bertz CT molecular complexity index is 3540. The average molecular weight is 1010 g/mol. The first kappa shape index (κ1) is 48.2. The zero-order valence-electron chi connectivity index (χ0n) is 40.7. The molecular weight excluding hydrogens is 958 g/mol. The summed E-state index contributed by atoms with van der Waals surface area (Å²) in [6.45, 7) is 2.00. The number of hydrogen-bond acceptors (Lipinski definition) is 18. The van der Waals surface area contributed by atoms with Crippen molar-refractivity contribution in [1.29, 1.82) is 5.26 Å². The van der Waals surface area contributed by atoms with Crippen molar-refractivity contribution in [3.8, 4) is 57.4 Å². The predicted octanol–water partition coefficient (Wildman–Crippen LogP) is 6.06. The summed E-state index contributed by atoms with van der Waals surface area (Å²) in [6, 6.07) is 30.5. The highest BCUT2D eigenvalue weighted by Gasteiger charge is 2.44. The Morgan fingerprint density at radius 3 is 2.31 bits per heavy atom. The van der Waals surface area contributed by atoms with Crippen LogP contribution in [-0.4, -0.2) is 116 Å². The molecule has 2 unspecified atom stereocenters. The minimum Gasteiger partial charge on any atom is -0.467 e. The normalized spacial score (nSPS) is 17.8. The highest BCUT2D eigenvalue weighted by molar-refractivity contribution is 5.81. The van der Waals surface area contributed by atoms with Crippen molar-refractivity contribution < 1.29 is 23.8 Å². The SMILES string of the molecule is COC(=O)[C@H]1CC([N+]#Cc2cccc(-c3cc(-c4cn(Cc5cccc(C6(O)CCCC6)n5)nn4)nc(N)n3)c2F)CN1c1cccc(Cn2cc(-c3cc(-c4cccc(C#N)c4)nc(NC4CCOC4)n3)nn2)n1. The molecule has 0 spiro atoms. The van der Waals surface area contributed by atoms with Crippen LogP contribution < -0.4 is 16.0 Å². The molecule has 4 N–H and O–H groups in total. The molecule has 21 nitrogen and oxygen atoms in total. The monoisotopic (exact) mass is 1010 g/mol. The summed E-state index contributed by atoms with van der Waals surface area (Å²) in [6.07, 6.45) is 7.83. The first-order valence-electron chi connectivity index (χ1n) is 24.5. The summed E-state index contributed by atoms with van der Waals surface area (Å²) in [5.41, 5.74) is 11.4. The van der Waals surface area contributed by atoms with Gasteiger partial charge in [-0.25, -0.2) is 43.5 Å². The number of methoxy groups -OCH3 is 1. The number of nitriles is 1. The molecule has 0 bridgehead atoms. The highest BCUT2D eigenvalue weighted by Crippen LogP contribution is 2.38. The Hall–Kier alpha value is -9.12. The van der Waals surface area contributed by atoms with Crippen LogP contribution in [0.2, 0.25) is 0 Å².